The lowest BCUT2D eigenvalue weighted by molar-refractivity contribution is -0.117. The molecule has 0 spiro atoms. The Labute approximate surface area is 147 Å². The molecule has 1 atom stereocenters. The molecular weight excluding hydrogens is 338 g/mol. The Morgan fingerprint density at radius 1 is 1.28 bits per heavy atom. The standard InChI is InChI=1S/C18H19N3O3S/c22-18(19-16-9-3-6-13-5-1-2-7-14(13)16)15-8-4-10-21-11-12-25(23,24)20-17(15)21/h1-2,4-5,7-8,10,16H,3,6,9,11-12H2,(H,19,22). The number of sulfonamides is 1. The van der Waals surface area contributed by atoms with Gasteiger partial charge in [-0.1, -0.05) is 24.3 Å². The number of benzene rings is 1. The highest BCUT2D eigenvalue weighted by Gasteiger charge is 2.31. The van der Waals surface area contributed by atoms with Gasteiger partial charge in [0.1, 0.15) is 0 Å². The van der Waals surface area contributed by atoms with Gasteiger partial charge in [0, 0.05) is 12.7 Å². The average molecular weight is 357 g/mol. The number of allylic oxidation sites excluding steroid dienone is 2. The normalized spacial score (nSPS) is 23.8. The number of carbonyl (C=O) groups is 1. The molecular formula is C18H19N3O3S. The van der Waals surface area contributed by atoms with Gasteiger partial charge in [-0.3, -0.25) is 4.79 Å². The smallest absolute Gasteiger partial charge is 0.256 e. The van der Waals surface area contributed by atoms with Gasteiger partial charge in [-0.05, 0) is 42.5 Å². The lowest BCUT2D eigenvalue weighted by Crippen LogP contribution is -2.43. The van der Waals surface area contributed by atoms with E-state index in [1.54, 1.807) is 23.3 Å². The second-order valence-electron chi connectivity index (χ2n) is 6.43. The number of hydrogen-bond donors (Lipinski definition) is 1. The van der Waals surface area contributed by atoms with E-state index in [0.717, 1.165) is 24.8 Å². The number of hydrogen-bond acceptors (Lipinski definition) is 4. The minimum atomic E-state index is -3.51. The fourth-order valence-electron chi connectivity index (χ4n) is 3.53. The number of carbonyl (C=O) groups excluding carboxylic acids is 1. The third kappa shape index (κ3) is 3.11. The summed E-state index contributed by atoms with van der Waals surface area (Å²) >= 11 is 0. The molecule has 0 fully saturated rings. The van der Waals surface area contributed by atoms with Crippen molar-refractivity contribution in [3.8, 4) is 0 Å². The van der Waals surface area contributed by atoms with E-state index < -0.39 is 10.0 Å². The van der Waals surface area contributed by atoms with Gasteiger partial charge in [0.2, 0.25) is 0 Å². The molecule has 3 aliphatic rings. The van der Waals surface area contributed by atoms with Crippen LogP contribution in [0, 0.1) is 0 Å². The summed E-state index contributed by atoms with van der Waals surface area (Å²) < 4.78 is 27.5. The summed E-state index contributed by atoms with van der Waals surface area (Å²) in [5.74, 6) is -0.103. The predicted octanol–water partition coefficient (Wildman–Crippen LogP) is 1.68. The molecule has 1 aromatic carbocycles. The van der Waals surface area contributed by atoms with E-state index in [4.69, 9.17) is 0 Å². The molecule has 0 aromatic heterocycles. The monoisotopic (exact) mass is 357 g/mol. The molecule has 0 bridgehead atoms. The molecule has 6 nitrogen and oxygen atoms in total. The number of aryl methyl sites for hydroxylation is 1. The maximum atomic E-state index is 12.8. The molecule has 1 aliphatic carbocycles. The first kappa shape index (κ1) is 16.1. The minimum absolute atomic E-state index is 0.0360. The van der Waals surface area contributed by atoms with Crippen LogP contribution in [0.4, 0.5) is 0 Å². The van der Waals surface area contributed by atoms with Gasteiger partial charge >= 0.3 is 0 Å². The van der Waals surface area contributed by atoms with Crippen LogP contribution in [0.25, 0.3) is 0 Å². The zero-order chi connectivity index (χ0) is 17.4. The topological polar surface area (TPSA) is 78.8 Å². The number of nitrogens with one attached hydrogen (secondary N) is 1. The Balaban J connectivity index is 1.61. The summed E-state index contributed by atoms with van der Waals surface area (Å²) in [6.45, 7) is 0.314. The maximum Gasteiger partial charge on any atom is 0.256 e. The molecule has 25 heavy (non-hydrogen) atoms. The minimum Gasteiger partial charge on any atom is -0.345 e. The van der Waals surface area contributed by atoms with Gasteiger partial charge in [0.25, 0.3) is 15.9 Å². The van der Waals surface area contributed by atoms with Gasteiger partial charge < -0.3 is 10.2 Å². The van der Waals surface area contributed by atoms with Crippen molar-refractivity contribution in [2.75, 3.05) is 12.3 Å². The van der Waals surface area contributed by atoms with Crippen LogP contribution in [0.1, 0.15) is 30.0 Å². The van der Waals surface area contributed by atoms with E-state index in [9.17, 15) is 13.2 Å². The third-order valence-corrected chi connectivity index (χ3v) is 5.93. The van der Waals surface area contributed by atoms with E-state index in [-0.39, 0.29) is 23.5 Å². The molecule has 0 radical (unpaired) electrons. The van der Waals surface area contributed by atoms with Crippen LogP contribution in [0.3, 0.4) is 0 Å². The Hall–Kier alpha value is -2.41. The Morgan fingerprint density at radius 3 is 3.00 bits per heavy atom. The number of amides is 1. The quantitative estimate of drug-likeness (QED) is 0.873. The summed E-state index contributed by atoms with van der Waals surface area (Å²) in [7, 11) is -3.51. The van der Waals surface area contributed by atoms with E-state index in [0.29, 0.717) is 12.1 Å². The van der Waals surface area contributed by atoms with Crippen molar-refractivity contribution in [3.05, 3.63) is 59.3 Å². The number of nitrogens with zero attached hydrogens (tertiary/aromatic N) is 2. The van der Waals surface area contributed by atoms with Crippen molar-refractivity contribution in [2.24, 2.45) is 4.40 Å². The molecule has 2 heterocycles. The molecule has 1 aromatic rings. The second kappa shape index (κ2) is 6.15. The Bertz CT molecular complexity index is 915. The molecule has 1 amide bonds. The first-order valence-electron chi connectivity index (χ1n) is 8.40. The Morgan fingerprint density at radius 2 is 2.12 bits per heavy atom. The second-order valence-corrected chi connectivity index (χ2v) is 8.19. The summed E-state index contributed by atoms with van der Waals surface area (Å²) in [5, 5.41) is 3.06. The SMILES string of the molecule is O=C(NC1CCCc2ccccc21)C1=CC=CN2CCS(=O)(=O)N=C12. The molecule has 1 unspecified atom stereocenters. The van der Waals surface area contributed by atoms with Crippen molar-refractivity contribution in [1.29, 1.82) is 0 Å². The van der Waals surface area contributed by atoms with E-state index in [1.165, 1.54) is 5.56 Å². The highest BCUT2D eigenvalue weighted by atomic mass is 32.2. The van der Waals surface area contributed by atoms with Crippen molar-refractivity contribution in [1.82, 2.24) is 10.2 Å². The highest BCUT2D eigenvalue weighted by molar-refractivity contribution is 7.90. The fraction of sp³-hybridized carbons (Fsp3) is 0.333. The number of amidine groups is 1. The summed E-state index contributed by atoms with van der Waals surface area (Å²) in [4.78, 5) is 14.5. The summed E-state index contributed by atoms with van der Waals surface area (Å²) in [5.41, 5.74) is 2.70. The van der Waals surface area contributed by atoms with Gasteiger partial charge in [-0.15, -0.1) is 4.40 Å². The fourth-order valence-corrected chi connectivity index (χ4v) is 4.52. The van der Waals surface area contributed by atoms with E-state index in [1.807, 2.05) is 18.2 Å². The van der Waals surface area contributed by atoms with Crippen LogP contribution in [0.2, 0.25) is 0 Å². The molecule has 130 valence electrons. The first-order valence-corrected chi connectivity index (χ1v) is 10.0. The van der Waals surface area contributed by atoms with Gasteiger partial charge in [0.15, 0.2) is 5.84 Å². The zero-order valence-electron chi connectivity index (χ0n) is 13.7. The van der Waals surface area contributed by atoms with Gasteiger partial charge in [-0.25, -0.2) is 8.42 Å². The van der Waals surface area contributed by atoms with Crippen molar-refractivity contribution in [3.63, 3.8) is 0 Å². The molecule has 1 N–H and O–H groups in total. The van der Waals surface area contributed by atoms with Crippen LogP contribution in [0.15, 0.2) is 52.6 Å². The highest BCUT2D eigenvalue weighted by Crippen LogP contribution is 2.30. The molecule has 7 heteroatoms. The predicted molar refractivity (Wildman–Crippen MR) is 95.4 cm³/mol. The van der Waals surface area contributed by atoms with Crippen LogP contribution in [-0.2, 0) is 21.2 Å². The molecule has 2 aliphatic heterocycles. The summed E-state index contributed by atoms with van der Waals surface area (Å²) in [6, 6.07) is 8.07. The lowest BCUT2D eigenvalue weighted by Gasteiger charge is -2.30. The van der Waals surface area contributed by atoms with Crippen LogP contribution in [-0.4, -0.2) is 37.4 Å². The number of fused-ring (bicyclic) bond motifs is 2. The van der Waals surface area contributed by atoms with Gasteiger partial charge in [0.05, 0.1) is 17.4 Å². The lowest BCUT2D eigenvalue weighted by atomic mass is 9.87. The zero-order valence-corrected chi connectivity index (χ0v) is 14.5. The van der Waals surface area contributed by atoms with Crippen molar-refractivity contribution >= 4 is 21.8 Å². The number of rotatable bonds is 2. The largest absolute Gasteiger partial charge is 0.345 e. The summed E-state index contributed by atoms with van der Waals surface area (Å²) in [6.07, 6.45) is 8.04. The van der Waals surface area contributed by atoms with Crippen molar-refractivity contribution in [2.45, 2.75) is 25.3 Å². The van der Waals surface area contributed by atoms with Crippen molar-refractivity contribution < 1.29 is 13.2 Å². The Kier molecular flexibility index (Phi) is 3.95. The van der Waals surface area contributed by atoms with E-state index in [2.05, 4.69) is 15.8 Å². The van der Waals surface area contributed by atoms with Gasteiger partial charge in [-0.2, -0.15) is 0 Å². The maximum absolute atomic E-state index is 12.8. The third-order valence-electron chi connectivity index (χ3n) is 4.78. The molecule has 0 saturated carbocycles. The van der Waals surface area contributed by atoms with E-state index >= 15 is 0 Å². The molecule has 4 rings (SSSR count). The van der Waals surface area contributed by atoms with Crippen LogP contribution >= 0.6 is 0 Å². The molecule has 0 saturated heterocycles. The van der Waals surface area contributed by atoms with Crippen LogP contribution < -0.4 is 5.32 Å². The van der Waals surface area contributed by atoms with Crippen LogP contribution in [0.5, 0.6) is 0 Å². The first-order chi connectivity index (χ1) is 12.0. The average Bonchev–Trinajstić information content (AvgIpc) is 2.61.